The van der Waals surface area contributed by atoms with E-state index in [4.69, 9.17) is 14.7 Å². The Balaban J connectivity index is 1.56. The molecule has 1 aliphatic rings. The van der Waals surface area contributed by atoms with Crippen LogP contribution in [0.2, 0.25) is 0 Å². The lowest BCUT2D eigenvalue weighted by molar-refractivity contribution is -0.134. The van der Waals surface area contributed by atoms with Gasteiger partial charge < -0.3 is 14.4 Å². The second-order valence-electron chi connectivity index (χ2n) is 5.76. The van der Waals surface area contributed by atoms with Gasteiger partial charge in [-0.1, -0.05) is 12.1 Å². The number of ketones is 1. The van der Waals surface area contributed by atoms with E-state index >= 15 is 0 Å². The van der Waals surface area contributed by atoms with E-state index in [1.807, 2.05) is 6.07 Å². The first kappa shape index (κ1) is 18.1. The molecule has 1 amide bonds. The maximum Gasteiger partial charge on any atom is 0.227 e. The average molecular weight is 370 g/mol. The molecule has 0 atom stereocenters. The van der Waals surface area contributed by atoms with E-state index in [0.717, 1.165) is 4.88 Å². The van der Waals surface area contributed by atoms with Crippen molar-refractivity contribution < 1.29 is 19.1 Å². The van der Waals surface area contributed by atoms with E-state index in [0.29, 0.717) is 42.5 Å². The first-order valence-corrected chi connectivity index (χ1v) is 9.08. The van der Waals surface area contributed by atoms with Gasteiger partial charge in [-0.2, -0.15) is 5.26 Å². The van der Waals surface area contributed by atoms with Gasteiger partial charge in [-0.3, -0.25) is 9.59 Å². The Morgan fingerprint density at radius 1 is 1.19 bits per heavy atom. The summed E-state index contributed by atoms with van der Waals surface area (Å²) in [6, 6.07) is 12.3. The second-order valence-corrected chi connectivity index (χ2v) is 6.92. The molecule has 1 aromatic carbocycles. The third-order valence-corrected chi connectivity index (χ3v) is 5.12. The number of nitriles is 1. The summed E-state index contributed by atoms with van der Waals surface area (Å²) in [5.74, 6) is 0.267. The molecule has 7 heteroatoms. The molecule has 0 saturated carbocycles. The number of Topliss-reactive ketones (excluding diaryl/α,β-unsaturated/α-hetero) is 1. The molecular weight excluding hydrogens is 352 g/mol. The first-order chi connectivity index (χ1) is 12.7. The van der Waals surface area contributed by atoms with Crippen LogP contribution in [-0.4, -0.2) is 49.5 Å². The zero-order valence-electron chi connectivity index (χ0n) is 14.1. The van der Waals surface area contributed by atoms with Gasteiger partial charge in [0, 0.05) is 18.0 Å². The van der Waals surface area contributed by atoms with Crippen LogP contribution in [0.4, 0.5) is 0 Å². The summed E-state index contributed by atoms with van der Waals surface area (Å²) >= 11 is 1.31. The average Bonchev–Trinajstić information content (AvgIpc) is 3.15. The fraction of sp³-hybridized carbons (Fsp3) is 0.316. The highest BCUT2D eigenvalue weighted by molar-refractivity contribution is 7.14. The Hall–Kier alpha value is -2.69. The molecule has 1 fully saturated rings. The van der Waals surface area contributed by atoms with Gasteiger partial charge in [0.2, 0.25) is 11.7 Å². The van der Waals surface area contributed by atoms with E-state index in [9.17, 15) is 9.59 Å². The standard InChI is InChI=1S/C19H18N2O4S/c20-12-14-3-1-2-4-17(14)25-13-16(22)18-6-5-15(26-18)11-19(23)21-7-9-24-10-8-21/h1-6H,7-11,13H2. The number of benzene rings is 1. The van der Waals surface area contributed by atoms with E-state index in [2.05, 4.69) is 0 Å². The number of amides is 1. The molecule has 0 spiro atoms. The van der Waals surface area contributed by atoms with Gasteiger partial charge in [0.15, 0.2) is 6.61 Å². The SMILES string of the molecule is N#Cc1ccccc1OCC(=O)c1ccc(CC(=O)N2CCOCC2)s1. The summed E-state index contributed by atoms with van der Waals surface area (Å²) in [7, 11) is 0. The Morgan fingerprint density at radius 2 is 1.96 bits per heavy atom. The molecule has 3 rings (SSSR count). The van der Waals surface area contributed by atoms with Crippen molar-refractivity contribution in [2.75, 3.05) is 32.9 Å². The summed E-state index contributed by atoms with van der Waals surface area (Å²) in [5, 5.41) is 9.04. The van der Waals surface area contributed by atoms with Gasteiger partial charge in [-0.15, -0.1) is 11.3 Å². The van der Waals surface area contributed by atoms with Crippen LogP contribution in [0.15, 0.2) is 36.4 Å². The number of carbonyl (C=O) groups excluding carboxylic acids is 2. The predicted octanol–water partition coefficient (Wildman–Crippen LogP) is 2.28. The highest BCUT2D eigenvalue weighted by Gasteiger charge is 2.19. The fourth-order valence-electron chi connectivity index (χ4n) is 2.60. The summed E-state index contributed by atoms with van der Waals surface area (Å²) in [6.45, 7) is 2.23. The van der Waals surface area contributed by atoms with Gasteiger partial charge in [0.05, 0.1) is 30.1 Å². The number of thiophene rings is 1. The van der Waals surface area contributed by atoms with Gasteiger partial charge in [0.1, 0.15) is 11.8 Å². The minimum Gasteiger partial charge on any atom is -0.484 e. The van der Waals surface area contributed by atoms with Crippen molar-refractivity contribution in [2.45, 2.75) is 6.42 Å². The number of nitrogens with zero attached hydrogens (tertiary/aromatic N) is 2. The minimum atomic E-state index is -0.173. The first-order valence-electron chi connectivity index (χ1n) is 8.27. The third-order valence-electron chi connectivity index (χ3n) is 3.99. The summed E-state index contributed by atoms with van der Waals surface area (Å²) in [6.07, 6.45) is 0.288. The second kappa shape index (κ2) is 8.61. The van der Waals surface area contributed by atoms with Crippen molar-refractivity contribution >= 4 is 23.0 Å². The number of morpholine rings is 1. The van der Waals surface area contributed by atoms with Crippen LogP contribution in [0.25, 0.3) is 0 Å². The lowest BCUT2D eigenvalue weighted by Gasteiger charge is -2.26. The Kier molecular flexibility index (Phi) is 6.00. The van der Waals surface area contributed by atoms with Crippen molar-refractivity contribution in [1.29, 1.82) is 5.26 Å². The highest BCUT2D eigenvalue weighted by Crippen LogP contribution is 2.21. The van der Waals surface area contributed by atoms with Gasteiger partial charge in [-0.25, -0.2) is 0 Å². The lowest BCUT2D eigenvalue weighted by Crippen LogP contribution is -2.41. The molecule has 0 N–H and O–H groups in total. The molecule has 1 aliphatic heterocycles. The normalized spacial score (nSPS) is 13.9. The zero-order chi connectivity index (χ0) is 18.4. The van der Waals surface area contributed by atoms with Gasteiger partial charge >= 0.3 is 0 Å². The van der Waals surface area contributed by atoms with Crippen molar-refractivity contribution in [2.24, 2.45) is 0 Å². The predicted molar refractivity (Wildman–Crippen MR) is 96.4 cm³/mol. The largest absolute Gasteiger partial charge is 0.484 e. The molecule has 0 aliphatic carbocycles. The van der Waals surface area contributed by atoms with E-state index < -0.39 is 0 Å². The molecule has 26 heavy (non-hydrogen) atoms. The molecule has 6 nitrogen and oxygen atoms in total. The van der Waals surface area contributed by atoms with Crippen LogP contribution in [0.5, 0.6) is 5.75 Å². The molecule has 0 bridgehead atoms. The molecule has 2 aromatic rings. The Labute approximate surface area is 155 Å². The number of para-hydroxylation sites is 1. The summed E-state index contributed by atoms with van der Waals surface area (Å²) < 4.78 is 10.7. The molecular formula is C19H18N2O4S. The minimum absolute atomic E-state index is 0.0494. The number of ether oxygens (including phenoxy) is 2. The Bertz CT molecular complexity index is 834. The number of hydrogen-bond acceptors (Lipinski definition) is 6. The van der Waals surface area contributed by atoms with Crippen LogP contribution < -0.4 is 4.74 Å². The zero-order valence-corrected chi connectivity index (χ0v) is 15.0. The smallest absolute Gasteiger partial charge is 0.227 e. The van der Waals surface area contributed by atoms with Crippen LogP contribution in [0.1, 0.15) is 20.1 Å². The molecule has 1 aromatic heterocycles. The van der Waals surface area contributed by atoms with E-state index in [-0.39, 0.29) is 24.7 Å². The third kappa shape index (κ3) is 4.48. The van der Waals surface area contributed by atoms with Crippen LogP contribution >= 0.6 is 11.3 Å². The quantitative estimate of drug-likeness (QED) is 0.729. The van der Waals surface area contributed by atoms with Gasteiger partial charge in [0.25, 0.3) is 0 Å². The Morgan fingerprint density at radius 3 is 2.73 bits per heavy atom. The monoisotopic (exact) mass is 370 g/mol. The highest BCUT2D eigenvalue weighted by atomic mass is 32.1. The topological polar surface area (TPSA) is 79.6 Å². The number of hydrogen-bond donors (Lipinski definition) is 0. The van der Waals surface area contributed by atoms with Crippen LogP contribution in [0.3, 0.4) is 0 Å². The van der Waals surface area contributed by atoms with Crippen LogP contribution in [0, 0.1) is 11.3 Å². The van der Waals surface area contributed by atoms with Crippen molar-refractivity contribution in [1.82, 2.24) is 4.90 Å². The van der Waals surface area contributed by atoms with E-state index in [1.165, 1.54) is 11.3 Å². The molecule has 0 radical (unpaired) electrons. The van der Waals surface area contributed by atoms with Crippen LogP contribution in [-0.2, 0) is 16.0 Å². The fourth-order valence-corrected chi connectivity index (χ4v) is 3.52. The molecule has 1 saturated heterocycles. The molecule has 2 heterocycles. The van der Waals surface area contributed by atoms with Crippen molar-refractivity contribution in [3.8, 4) is 11.8 Å². The van der Waals surface area contributed by atoms with Gasteiger partial charge in [-0.05, 0) is 24.3 Å². The van der Waals surface area contributed by atoms with Crippen molar-refractivity contribution in [3.63, 3.8) is 0 Å². The summed E-state index contributed by atoms with van der Waals surface area (Å²) in [5.41, 5.74) is 0.392. The maximum atomic E-state index is 12.3. The number of carbonyl (C=O) groups is 2. The summed E-state index contributed by atoms with van der Waals surface area (Å²) in [4.78, 5) is 27.8. The lowest BCUT2D eigenvalue weighted by atomic mass is 10.2. The molecule has 134 valence electrons. The van der Waals surface area contributed by atoms with E-state index in [1.54, 1.807) is 41.3 Å². The molecule has 0 unspecified atom stereocenters. The number of rotatable bonds is 6. The maximum absolute atomic E-state index is 12.3. The van der Waals surface area contributed by atoms with Crippen molar-refractivity contribution in [3.05, 3.63) is 51.7 Å².